The maximum absolute atomic E-state index is 13.6. The maximum atomic E-state index is 13.6. The fourth-order valence-electron chi connectivity index (χ4n) is 2.19. The van der Waals surface area contributed by atoms with E-state index in [4.69, 9.17) is 5.73 Å². The van der Waals surface area contributed by atoms with E-state index in [9.17, 15) is 4.39 Å². The molecule has 1 aromatic carbocycles. The maximum Gasteiger partial charge on any atom is 0.148 e. The summed E-state index contributed by atoms with van der Waals surface area (Å²) in [5, 5.41) is 0. The van der Waals surface area contributed by atoms with Crippen molar-refractivity contribution < 1.29 is 4.39 Å². The molecule has 2 nitrogen and oxygen atoms in total. The van der Waals surface area contributed by atoms with Gasteiger partial charge in [-0.1, -0.05) is 6.92 Å². The molecule has 2 N–H and O–H groups in total. The van der Waals surface area contributed by atoms with Crippen molar-refractivity contribution in [2.45, 2.75) is 19.8 Å². The van der Waals surface area contributed by atoms with Gasteiger partial charge in [0.05, 0.1) is 5.69 Å². The Hall–Kier alpha value is -1.25. The third-order valence-electron chi connectivity index (χ3n) is 2.97. The predicted molar refractivity (Wildman–Crippen MR) is 61.4 cm³/mol. The SMILES string of the molecule is C[C@H]1CCCN(c2ccc(N)cc2F)C1. The molecule has 0 radical (unpaired) electrons. The second-order valence-corrected chi connectivity index (χ2v) is 4.40. The van der Waals surface area contributed by atoms with Crippen LogP contribution in [0, 0.1) is 11.7 Å². The molecule has 0 aliphatic carbocycles. The van der Waals surface area contributed by atoms with Crippen LogP contribution in [0.1, 0.15) is 19.8 Å². The van der Waals surface area contributed by atoms with Crippen molar-refractivity contribution in [3.8, 4) is 0 Å². The lowest BCUT2D eigenvalue weighted by molar-refractivity contribution is 0.442. The Balaban J connectivity index is 2.21. The van der Waals surface area contributed by atoms with Gasteiger partial charge in [-0.05, 0) is 37.0 Å². The molecular formula is C12H17FN2. The van der Waals surface area contributed by atoms with Crippen LogP contribution >= 0.6 is 0 Å². The predicted octanol–water partition coefficient (Wildman–Crippen LogP) is 2.64. The third kappa shape index (κ3) is 2.22. The van der Waals surface area contributed by atoms with Gasteiger partial charge in [0.15, 0.2) is 0 Å². The van der Waals surface area contributed by atoms with Crippen LogP contribution < -0.4 is 10.6 Å². The molecule has 1 heterocycles. The van der Waals surface area contributed by atoms with Crippen LogP contribution in [0.5, 0.6) is 0 Å². The summed E-state index contributed by atoms with van der Waals surface area (Å²) < 4.78 is 13.6. The zero-order valence-electron chi connectivity index (χ0n) is 9.04. The van der Waals surface area contributed by atoms with E-state index in [2.05, 4.69) is 11.8 Å². The number of benzene rings is 1. The van der Waals surface area contributed by atoms with Gasteiger partial charge < -0.3 is 10.6 Å². The molecule has 2 rings (SSSR count). The molecular weight excluding hydrogens is 191 g/mol. The van der Waals surface area contributed by atoms with Crippen LogP contribution in [0.15, 0.2) is 18.2 Å². The van der Waals surface area contributed by atoms with Gasteiger partial charge >= 0.3 is 0 Å². The van der Waals surface area contributed by atoms with E-state index in [0.29, 0.717) is 17.3 Å². The summed E-state index contributed by atoms with van der Waals surface area (Å²) in [5.41, 5.74) is 6.70. The number of hydrogen-bond donors (Lipinski definition) is 1. The summed E-state index contributed by atoms with van der Waals surface area (Å²) in [6, 6.07) is 4.94. The Morgan fingerprint density at radius 3 is 2.93 bits per heavy atom. The molecule has 3 heteroatoms. The lowest BCUT2D eigenvalue weighted by atomic mass is 10.00. The molecule has 0 aromatic heterocycles. The van der Waals surface area contributed by atoms with Crippen LogP contribution in [0.4, 0.5) is 15.8 Å². The Bertz CT molecular complexity index is 351. The van der Waals surface area contributed by atoms with Crippen molar-refractivity contribution in [1.82, 2.24) is 0 Å². The highest BCUT2D eigenvalue weighted by Crippen LogP contribution is 2.26. The number of hydrogen-bond acceptors (Lipinski definition) is 2. The molecule has 0 bridgehead atoms. The molecule has 1 aliphatic rings. The van der Waals surface area contributed by atoms with Crippen LogP contribution in [-0.2, 0) is 0 Å². The summed E-state index contributed by atoms with van der Waals surface area (Å²) >= 11 is 0. The first-order valence-electron chi connectivity index (χ1n) is 5.47. The quantitative estimate of drug-likeness (QED) is 0.719. The molecule has 1 aromatic rings. The summed E-state index contributed by atoms with van der Waals surface area (Å²) in [4.78, 5) is 2.11. The van der Waals surface area contributed by atoms with Crippen molar-refractivity contribution in [2.24, 2.45) is 5.92 Å². The first kappa shape index (κ1) is 10.3. The second-order valence-electron chi connectivity index (χ2n) is 4.40. The molecule has 0 saturated carbocycles. The number of halogens is 1. The second kappa shape index (κ2) is 4.09. The molecule has 1 saturated heterocycles. The molecule has 1 fully saturated rings. The molecule has 1 atom stereocenters. The standard InChI is InChI=1S/C12H17FN2/c1-9-3-2-6-15(8-9)12-5-4-10(14)7-11(12)13/h4-5,7,9H,2-3,6,8,14H2,1H3/t9-/m0/s1. The number of piperidine rings is 1. The van der Waals surface area contributed by atoms with Crippen LogP contribution in [0.3, 0.4) is 0 Å². The molecule has 0 amide bonds. The highest BCUT2D eigenvalue weighted by Gasteiger charge is 2.18. The number of nitrogens with two attached hydrogens (primary N) is 1. The van der Waals surface area contributed by atoms with Gasteiger partial charge in [0.2, 0.25) is 0 Å². The number of nitrogen functional groups attached to an aromatic ring is 1. The van der Waals surface area contributed by atoms with Gasteiger partial charge in [-0.2, -0.15) is 0 Å². The van der Waals surface area contributed by atoms with Crippen molar-refractivity contribution in [3.05, 3.63) is 24.0 Å². The van der Waals surface area contributed by atoms with Crippen molar-refractivity contribution in [1.29, 1.82) is 0 Å². The Labute approximate surface area is 89.9 Å². The van der Waals surface area contributed by atoms with Gasteiger partial charge in [0.25, 0.3) is 0 Å². The Morgan fingerprint density at radius 1 is 1.47 bits per heavy atom. The fourth-order valence-corrected chi connectivity index (χ4v) is 2.19. The zero-order valence-corrected chi connectivity index (χ0v) is 9.04. The topological polar surface area (TPSA) is 29.3 Å². The van der Waals surface area contributed by atoms with Gasteiger partial charge in [-0.15, -0.1) is 0 Å². The number of rotatable bonds is 1. The van der Waals surface area contributed by atoms with Gasteiger partial charge in [0, 0.05) is 18.8 Å². The minimum Gasteiger partial charge on any atom is -0.399 e. The van der Waals surface area contributed by atoms with E-state index in [1.807, 2.05) is 0 Å². The first-order chi connectivity index (χ1) is 7.16. The van der Waals surface area contributed by atoms with E-state index < -0.39 is 0 Å². The Morgan fingerprint density at radius 2 is 2.27 bits per heavy atom. The van der Waals surface area contributed by atoms with Crippen LogP contribution in [0.25, 0.3) is 0 Å². The van der Waals surface area contributed by atoms with E-state index in [0.717, 1.165) is 19.5 Å². The average Bonchev–Trinajstić information content (AvgIpc) is 2.17. The molecule has 15 heavy (non-hydrogen) atoms. The minimum absolute atomic E-state index is 0.205. The summed E-state index contributed by atoms with van der Waals surface area (Å²) in [6.07, 6.45) is 2.39. The fraction of sp³-hybridized carbons (Fsp3) is 0.500. The smallest absolute Gasteiger partial charge is 0.148 e. The Kier molecular flexibility index (Phi) is 2.80. The molecule has 0 unspecified atom stereocenters. The van der Waals surface area contributed by atoms with E-state index in [-0.39, 0.29) is 5.82 Å². The molecule has 1 aliphatic heterocycles. The van der Waals surface area contributed by atoms with Crippen molar-refractivity contribution in [2.75, 3.05) is 23.7 Å². The monoisotopic (exact) mass is 208 g/mol. The summed E-state index contributed by atoms with van der Waals surface area (Å²) in [6.45, 7) is 4.10. The van der Waals surface area contributed by atoms with Gasteiger partial charge in [-0.3, -0.25) is 0 Å². The van der Waals surface area contributed by atoms with E-state index >= 15 is 0 Å². The first-order valence-corrected chi connectivity index (χ1v) is 5.47. The lowest BCUT2D eigenvalue weighted by Crippen LogP contribution is -2.34. The number of nitrogens with zero attached hydrogens (tertiary/aromatic N) is 1. The normalized spacial score (nSPS) is 21.7. The summed E-state index contributed by atoms with van der Waals surface area (Å²) in [5.74, 6) is 0.444. The van der Waals surface area contributed by atoms with Crippen molar-refractivity contribution >= 4 is 11.4 Å². The lowest BCUT2D eigenvalue weighted by Gasteiger charge is -2.33. The van der Waals surface area contributed by atoms with Gasteiger partial charge in [0.1, 0.15) is 5.82 Å². The molecule has 82 valence electrons. The largest absolute Gasteiger partial charge is 0.399 e. The zero-order chi connectivity index (χ0) is 10.8. The average molecular weight is 208 g/mol. The highest BCUT2D eigenvalue weighted by molar-refractivity contribution is 5.54. The van der Waals surface area contributed by atoms with E-state index in [1.54, 1.807) is 12.1 Å². The molecule has 0 spiro atoms. The van der Waals surface area contributed by atoms with Crippen molar-refractivity contribution in [3.63, 3.8) is 0 Å². The number of anilines is 2. The highest BCUT2D eigenvalue weighted by atomic mass is 19.1. The van der Waals surface area contributed by atoms with Gasteiger partial charge in [-0.25, -0.2) is 4.39 Å². The van der Waals surface area contributed by atoms with Crippen LogP contribution in [0.2, 0.25) is 0 Å². The van der Waals surface area contributed by atoms with Crippen LogP contribution in [-0.4, -0.2) is 13.1 Å². The minimum atomic E-state index is -0.205. The van der Waals surface area contributed by atoms with E-state index in [1.165, 1.54) is 12.5 Å². The summed E-state index contributed by atoms with van der Waals surface area (Å²) in [7, 11) is 0. The third-order valence-corrected chi connectivity index (χ3v) is 2.97.